The number of benzene rings is 1. The van der Waals surface area contributed by atoms with Crippen LogP contribution >= 0.6 is 0 Å². The summed E-state index contributed by atoms with van der Waals surface area (Å²) in [7, 11) is -3.57. The summed E-state index contributed by atoms with van der Waals surface area (Å²) in [4.78, 5) is 15.0. The number of rotatable bonds is 11. The number of unbranched alkanes of at least 4 members (excludes halogenated alkanes) is 1. The Balaban J connectivity index is 3.00. The molecule has 1 aromatic carbocycles. The molecular weight excluding hydrogens is 350 g/mol. The van der Waals surface area contributed by atoms with Crippen LogP contribution in [0.3, 0.4) is 0 Å². The molecule has 0 saturated heterocycles. The van der Waals surface area contributed by atoms with E-state index in [1.807, 2.05) is 11.0 Å². The van der Waals surface area contributed by atoms with Crippen LogP contribution in [-0.2, 0) is 21.5 Å². The SMILES string of the molecule is CCCC[C@H](CC)C(=O)N(Cc1cccc(OS(C)(=O)=O)c1)[C@H](C)CC. The second kappa shape index (κ2) is 10.6. The molecule has 0 aliphatic heterocycles. The average molecular weight is 384 g/mol. The van der Waals surface area contributed by atoms with E-state index in [1.54, 1.807) is 18.2 Å². The van der Waals surface area contributed by atoms with Gasteiger partial charge in [-0.1, -0.05) is 45.7 Å². The molecule has 0 aliphatic rings. The number of carbonyl (C=O) groups is 1. The van der Waals surface area contributed by atoms with Gasteiger partial charge in [-0.15, -0.1) is 0 Å². The molecule has 1 amide bonds. The predicted molar refractivity (Wildman–Crippen MR) is 106 cm³/mol. The van der Waals surface area contributed by atoms with Gasteiger partial charge in [0.2, 0.25) is 5.91 Å². The summed E-state index contributed by atoms with van der Waals surface area (Å²) in [6.07, 6.45) is 5.77. The fraction of sp³-hybridized carbons (Fsp3) is 0.650. The molecule has 148 valence electrons. The Hall–Kier alpha value is -1.56. The van der Waals surface area contributed by atoms with Crippen LogP contribution in [0.4, 0.5) is 0 Å². The molecule has 0 aromatic heterocycles. The second-order valence-electron chi connectivity index (χ2n) is 6.91. The number of amides is 1. The van der Waals surface area contributed by atoms with Gasteiger partial charge in [-0.05, 0) is 43.9 Å². The molecule has 6 heteroatoms. The van der Waals surface area contributed by atoms with Crippen LogP contribution in [0, 0.1) is 5.92 Å². The van der Waals surface area contributed by atoms with E-state index < -0.39 is 10.1 Å². The number of hydrogen-bond donors (Lipinski definition) is 0. The molecule has 0 spiro atoms. The lowest BCUT2D eigenvalue weighted by Gasteiger charge is -2.32. The fourth-order valence-electron chi connectivity index (χ4n) is 2.93. The monoisotopic (exact) mass is 383 g/mol. The summed E-state index contributed by atoms with van der Waals surface area (Å²) in [5.41, 5.74) is 0.866. The summed E-state index contributed by atoms with van der Waals surface area (Å²) in [6, 6.07) is 7.07. The van der Waals surface area contributed by atoms with Gasteiger partial charge in [0, 0.05) is 18.5 Å². The van der Waals surface area contributed by atoms with Crippen molar-refractivity contribution in [2.24, 2.45) is 5.92 Å². The molecule has 0 fully saturated rings. The van der Waals surface area contributed by atoms with Crippen LogP contribution in [0.1, 0.15) is 65.4 Å². The van der Waals surface area contributed by atoms with Crippen molar-refractivity contribution in [1.82, 2.24) is 4.90 Å². The maximum absolute atomic E-state index is 13.1. The van der Waals surface area contributed by atoms with E-state index in [1.165, 1.54) is 0 Å². The molecular formula is C20H33NO4S. The zero-order valence-corrected chi connectivity index (χ0v) is 17.5. The maximum atomic E-state index is 13.1. The minimum atomic E-state index is -3.57. The molecule has 5 nitrogen and oxygen atoms in total. The van der Waals surface area contributed by atoms with Crippen molar-refractivity contribution in [2.45, 2.75) is 72.4 Å². The Kier molecular flexibility index (Phi) is 9.13. The van der Waals surface area contributed by atoms with E-state index >= 15 is 0 Å². The van der Waals surface area contributed by atoms with E-state index in [9.17, 15) is 13.2 Å². The average Bonchev–Trinajstić information content (AvgIpc) is 2.58. The molecule has 1 aromatic rings. The van der Waals surface area contributed by atoms with Gasteiger partial charge in [-0.25, -0.2) is 0 Å². The lowest BCUT2D eigenvalue weighted by molar-refractivity contribution is -0.138. The smallest absolute Gasteiger partial charge is 0.306 e. The van der Waals surface area contributed by atoms with E-state index in [-0.39, 0.29) is 23.6 Å². The summed E-state index contributed by atoms with van der Waals surface area (Å²) >= 11 is 0. The third-order valence-corrected chi connectivity index (χ3v) is 5.15. The topological polar surface area (TPSA) is 63.7 Å². The van der Waals surface area contributed by atoms with Crippen molar-refractivity contribution < 1.29 is 17.4 Å². The minimum absolute atomic E-state index is 0.0411. The highest BCUT2D eigenvalue weighted by atomic mass is 32.2. The first-order valence-electron chi connectivity index (χ1n) is 9.50. The summed E-state index contributed by atoms with van der Waals surface area (Å²) < 4.78 is 27.6. The highest BCUT2D eigenvalue weighted by Gasteiger charge is 2.26. The van der Waals surface area contributed by atoms with Crippen molar-refractivity contribution >= 4 is 16.0 Å². The van der Waals surface area contributed by atoms with Crippen LogP contribution < -0.4 is 4.18 Å². The summed E-state index contributed by atoms with van der Waals surface area (Å²) in [6.45, 7) is 8.78. The maximum Gasteiger partial charge on any atom is 0.306 e. The lowest BCUT2D eigenvalue weighted by Crippen LogP contribution is -2.41. The van der Waals surface area contributed by atoms with E-state index in [0.717, 1.165) is 43.9 Å². The quantitative estimate of drug-likeness (QED) is 0.532. The van der Waals surface area contributed by atoms with E-state index in [4.69, 9.17) is 4.18 Å². The summed E-state index contributed by atoms with van der Waals surface area (Å²) in [5, 5.41) is 0. The third-order valence-electron chi connectivity index (χ3n) is 4.65. The van der Waals surface area contributed by atoms with Crippen LogP contribution in [0.5, 0.6) is 5.75 Å². The van der Waals surface area contributed by atoms with Gasteiger partial charge >= 0.3 is 10.1 Å². The van der Waals surface area contributed by atoms with Crippen LogP contribution in [0.2, 0.25) is 0 Å². The fourth-order valence-corrected chi connectivity index (χ4v) is 3.38. The molecule has 2 atom stereocenters. The molecule has 0 unspecified atom stereocenters. The third kappa shape index (κ3) is 7.36. The van der Waals surface area contributed by atoms with Crippen molar-refractivity contribution in [2.75, 3.05) is 6.26 Å². The van der Waals surface area contributed by atoms with Gasteiger partial charge in [0.15, 0.2) is 0 Å². The first-order valence-corrected chi connectivity index (χ1v) is 11.3. The highest BCUT2D eigenvalue weighted by Crippen LogP contribution is 2.22. The van der Waals surface area contributed by atoms with Crippen LogP contribution in [0.25, 0.3) is 0 Å². The van der Waals surface area contributed by atoms with Gasteiger partial charge in [-0.2, -0.15) is 8.42 Å². The van der Waals surface area contributed by atoms with Crippen molar-refractivity contribution in [3.05, 3.63) is 29.8 Å². The van der Waals surface area contributed by atoms with Crippen LogP contribution in [0.15, 0.2) is 24.3 Å². The van der Waals surface area contributed by atoms with Gasteiger partial charge in [0.1, 0.15) is 5.75 Å². The molecule has 0 bridgehead atoms. The number of hydrogen-bond acceptors (Lipinski definition) is 4. The van der Waals surface area contributed by atoms with Crippen molar-refractivity contribution in [3.8, 4) is 5.75 Å². The summed E-state index contributed by atoms with van der Waals surface area (Å²) in [5.74, 6) is 0.503. The highest BCUT2D eigenvalue weighted by molar-refractivity contribution is 7.86. The van der Waals surface area contributed by atoms with Gasteiger partial charge in [0.05, 0.1) is 6.26 Å². The molecule has 26 heavy (non-hydrogen) atoms. The van der Waals surface area contributed by atoms with Gasteiger partial charge in [-0.3, -0.25) is 4.79 Å². The Bertz CT molecular complexity index is 672. The molecule has 0 radical (unpaired) electrons. The van der Waals surface area contributed by atoms with E-state index in [0.29, 0.717) is 6.54 Å². The van der Waals surface area contributed by atoms with E-state index in [2.05, 4.69) is 27.7 Å². The zero-order valence-electron chi connectivity index (χ0n) is 16.7. The second-order valence-corrected chi connectivity index (χ2v) is 8.48. The Morgan fingerprint density at radius 1 is 1.19 bits per heavy atom. The van der Waals surface area contributed by atoms with Crippen LogP contribution in [-0.4, -0.2) is 31.5 Å². The first kappa shape index (κ1) is 22.5. The first-order chi connectivity index (χ1) is 12.2. The van der Waals surface area contributed by atoms with Crippen molar-refractivity contribution in [1.29, 1.82) is 0 Å². The number of carbonyl (C=O) groups excluding carboxylic acids is 1. The predicted octanol–water partition coefficient (Wildman–Crippen LogP) is 4.37. The molecule has 0 heterocycles. The zero-order chi connectivity index (χ0) is 19.7. The molecule has 0 aliphatic carbocycles. The Morgan fingerprint density at radius 2 is 1.88 bits per heavy atom. The largest absolute Gasteiger partial charge is 0.383 e. The minimum Gasteiger partial charge on any atom is -0.383 e. The van der Waals surface area contributed by atoms with Gasteiger partial charge in [0.25, 0.3) is 0 Å². The molecule has 0 saturated carbocycles. The Labute approximate surface area is 158 Å². The lowest BCUT2D eigenvalue weighted by atomic mass is 9.96. The number of nitrogens with zero attached hydrogens (tertiary/aromatic N) is 1. The Morgan fingerprint density at radius 3 is 2.42 bits per heavy atom. The normalized spacial score (nSPS) is 13.9. The standard InChI is InChI=1S/C20H33NO4S/c1-6-9-12-18(8-3)20(22)21(16(4)7-2)15-17-11-10-13-19(14-17)25-26(5,23)24/h10-11,13-14,16,18H,6-9,12,15H2,1-5H3/t16-,18+/m1/s1. The van der Waals surface area contributed by atoms with Crippen molar-refractivity contribution in [3.63, 3.8) is 0 Å². The van der Waals surface area contributed by atoms with Gasteiger partial charge < -0.3 is 9.08 Å². The molecule has 1 rings (SSSR count). The molecule has 0 N–H and O–H groups in total.